The van der Waals surface area contributed by atoms with Crippen LogP contribution in [0.4, 0.5) is 0 Å². The van der Waals surface area contributed by atoms with Gasteiger partial charge < -0.3 is 12.3 Å². The van der Waals surface area contributed by atoms with Crippen LogP contribution < -0.4 is 0 Å². The summed E-state index contributed by atoms with van der Waals surface area (Å²) >= 11 is 0. The largest absolute Gasteiger partial charge is 0.415 e. The third kappa shape index (κ3) is 2.40. The second kappa shape index (κ2) is 5.82. The van der Waals surface area contributed by atoms with Crippen molar-refractivity contribution >= 4 is 25.7 Å². The molecule has 150 valence electrons. The zero-order chi connectivity index (χ0) is 17.7. The third-order valence-corrected chi connectivity index (χ3v) is 27.4. The molecule has 1 aliphatic heterocycles. The zero-order valence-electron chi connectivity index (χ0n) is 16.8. The number of rotatable bonds is 6. The molecule has 7 rings (SSSR count). The fraction of sp³-hybridized carbons (Fsp3) is 1.00. The van der Waals surface area contributed by atoms with Crippen molar-refractivity contribution in [3.05, 3.63) is 0 Å². The van der Waals surface area contributed by atoms with E-state index in [4.69, 9.17) is 12.3 Å². The molecule has 0 atom stereocenters. The van der Waals surface area contributed by atoms with Gasteiger partial charge in [0.1, 0.15) is 0 Å². The van der Waals surface area contributed by atoms with Gasteiger partial charge in [-0.1, -0.05) is 19.3 Å². The third-order valence-electron chi connectivity index (χ3n) is 9.42. The molecule has 3 nitrogen and oxygen atoms in total. The van der Waals surface area contributed by atoms with Gasteiger partial charge >= 0.3 is 25.7 Å². The van der Waals surface area contributed by atoms with Crippen LogP contribution in [0.1, 0.15) is 96.3 Å². The fourth-order valence-corrected chi connectivity index (χ4v) is 30.9. The van der Waals surface area contributed by atoms with Gasteiger partial charge in [-0.05, 0) is 77.0 Å². The van der Waals surface area contributed by atoms with Gasteiger partial charge in [-0.3, -0.25) is 0 Å². The van der Waals surface area contributed by atoms with E-state index in [2.05, 4.69) is 0 Å². The maximum atomic E-state index is 7.64. The molecule has 0 radical (unpaired) electrons. The van der Waals surface area contributed by atoms with E-state index in [1.54, 1.807) is 0 Å². The molecule has 1 saturated heterocycles. The van der Waals surface area contributed by atoms with Crippen LogP contribution in [0.2, 0.25) is 33.2 Å². The first-order valence-electron chi connectivity index (χ1n) is 12.4. The van der Waals surface area contributed by atoms with Gasteiger partial charge in [0.2, 0.25) is 0 Å². The van der Waals surface area contributed by atoms with Crippen LogP contribution in [-0.4, -0.2) is 25.7 Å². The van der Waals surface area contributed by atoms with Crippen molar-refractivity contribution in [3.8, 4) is 0 Å². The first-order valence-corrected chi connectivity index (χ1v) is 18.3. The molecule has 1 heterocycles. The maximum absolute atomic E-state index is 7.64. The average molecular weight is 421 g/mol. The summed E-state index contributed by atoms with van der Waals surface area (Å²) in [6, 6.07) is 0. The summed E-state index contributed by atoms with van der Waals surface area (Å²) in [5.74, 6) is 0. The summed E-state index contributed by atoms with van der Waals surface area (Å²) < 4.78 is 22.9. The predicted molar refractivity (Wildman–Crippen MR) is 112 cm³/mol. The molecule has 0 amide bonds. The van der Waals surface area contributed by atoms with E-state index >= 15 is 0 Å². The Morgan fingerprint density at radius 2 is 0.556 bits per heavy atom. The molecule has 0 aromatic heterocycles. The van der Waals surface area contributed by atoms with Crippen LogP contribution in [0.3, 0.4) is 0 Å². The predicted octanol–water partition coefficient (Wildman–Crippen LogP) is 6.53. The first kappa shape index (κ1) is 17.2. The zero-order valence-corrected chi connectivity index (χ0v) is 19.8. The molecule has 6 aliphatic carbocycles. The molecule has 0 N–H and O–H groups in total. The highest BCUT2D eigenvalue weighted by molar-refractivity contribution is 6.98. The summed E-state index contributed by atoms with van der Waals surface area (Å²) in [5, 5.41) is 0. The van der Waals surface area contributed by atoms with Gasteiger partial charge in [-0.25, -0.2) is 0 Å². The van der Waals surface area contributed by atoms with Gasteiger partial charge in [0.25, 0.3) is 0 Å². The molecule has 0 bridgehead atoms. The highest BCUT2D eigenvalue weighted by atomic mass is 28.5. The van der Waals surface area contributed by atoms with Crippen LogP contribution in [0.15, 0.2) is 0 Å². The van der Waals surface area contributed by atoms with E-state index in [9.17, 15) is 0 Å². The van der Waals surface area contributed by atoms with Crippen LogP contribution in [0.5, 0.6) is 0 Å². The van der Waals surface area contributed by atoms with Crippen LogP contribution >= 0.6 is 0 Å². The molecular weight excluding hydrogens is 384 g/mol. The van der Waals surface area contributed by atoms with Crippen molar-refractivity contribution in [1.29, 1.82) is 0 Å². The standard InChI is InChI=1S/C21H36O3Si3/c1-4-16(5-1)25(19-10-11-19)22-26(20-12-13-20,17-6-2-7-17)24-27(23-25,21-14-15-21)18-8-3-9-18/h16-21H,1-15H2. The molecule has 0 aromatic rings. The Hall–Kier alpha value is 0.531. The Labute approximate surface area is 167 Å². The SMILES string of the molecule is C1CC([Si]2(C3CC3)O[Si](C3CCC3)(C3CC3)O[Si](C3CCC3)(C3CC3)O2)C1. The van der Waals surface area contributed by atoms with Crippen LogP contribution in [-0.2, 0) is 12.3 Å². The molecule has 7 aliphatic rings. The molecule has 27 heavy (non-hydrogen) atoms. The molecule has 6 heteroatoms. The molecule has 0 unspecified atom stereocenters. The van der Waals surface area contributed by atoms with Gasteiger partial charge in [-0.15, -0.1) is 0 Å². The summed E-state index contributed by atoms with van der Waals surface area (Å²) in [5.41, 5.74) is 5.07. The smallest absolute Gasteiger partial charge is 0.327 e. The van der Waals surface area contributed by atoms with Crippen molar-refractivity contribution in [2.24, 2.45) is 0 Å². The topological polar surface area (TPSA) is 27.7 Å². The molecule has 7 fully saturated rings. The van der Waals surface area contributed by atoms with Crippen molar-refractivity contribution < 1.29 is 12.3 Å². The monoisotopic (exact) mass is 420 g/mol. The number of hydrogen-bond donors (Lipinski definition) is 0. The average Bonchev–Trinajstić information content (AvgIpc) is 3.37. The summed E-state index contributed by atoms with van der Waals surface area (Å²) in [6.07, 6.45) is 21.3. The van der Waals surface area contributed by atoms with Gasteiger partial charge in [-0.2, -0.15) is 0 Å². The molecule has 0 aromatic carbocycles. The lowest BCUT2D eigenvalue weighted by Crippen LogP contribution is -2.76. The second-order valence-corrected chi connectivity index (χ2v) is 22.9. The van der Waals surface area contributed by atoms with Crippen molar-refractivity contribution in [3.63, 3.8) is 0 Å². The minimum atomic E-state index is -2.07. The Balaban J connectivity index is 1.36. The Kier molecular flexibility index (Phi) is 3.71. The minimum Gasteiger partial charge on any atom is -0.415 e. The fourth-order valence-electron chi connectivity index (χ4n) is 6.70. The Morgan fingerprint density at radius 3 is 0.704 bits per heavy atom. The van der Waals surface area contributed by atoms with Crippen molar-refractivity contribution in [2.75, 3.05) is 0 Å². The van der Waals surface area contributed by atoms with E-state index in [1.807, 2.05) is 0 Å². The molecular formula is C21H36O3Si3. The number of hydrogen-bond acceptors (Lipinski definition) is 3. The highest BCUT2D eigenvalue weighted by Crippen LogP contribution is 2.70. The summed E-state index contributed by atoms with van der Waals surface area (Å²) in [6.45, 7) is 0. The quantitative estimate of drug-likeness (QED) is 0.457. The lowest BCUT2D eigenvalue weighted by atomic mass is 10.00. The lowest BCUT2D eigenvalue weighted by molar-refractivity contribution is 0.150. The normalized spacial score (nSPS) is 49.3. The maximum Gasteiger partial charge on any atom is 0.327 e. The van der Waals surface area contributed by atoms with E-state index in [0.29, 0.717) is 0 Å². The summed E-state index contributed by atoms with van der Waals surface area (Å²) in [7, 11) is -6.22. The minimum absolute atomic E-state index is 0.838. The van der Waals surface area contributed by atoms with E-state index in [-0.39, 0.29) is 0 Å². The van der Waals surface area contributed by atoms with E-state index in [0.717, 1.165) is 33.2 Å². The van der Waals surface area contributed by atoms with E-state index in [1.165, 1.54) is 96.3 Å². The van der Waals surface area contributed by atoms with Crippen LogP contribution in [0.25, 0.3) is 0 Å². The van der Waals surface area contributed by atoms with Gasteiger partial charge in [0.15, 0.2) is 0 Å². The second-order valence-electron chi connectivity index (χ2n) is 11.2. The van der Waals surface area contributed by atoms with Gasteiger partial charge in [0.05, 0.1) is 0 Å². The van der Waals surface area contributed by atoms with Gasteiger partial charge in [0, 0.05) is 33.2 Å². The lowest BCUT2D eigenvalue weighted by Gasteiger charge is -2.62. The van der Waals surface area contributed by atoms with E-state index < -0.39 is 25.7 Å². The molecule has 0 spiro atoms. The molecule has 6 saturated carbocycles. The first-order chi connectivity index (χ1) is 13.3. The van der Waals surface area contributed by atoms with Crippen molar-refractivity contribution in [2.45, 2.75) is 130 Å². The van der Waals surface area contributed by atoms with Crippen LogP contribution in [0, 0.1) is 0 Å². The Bertz CT molecular complexity index is 527. The highest BCUT2D eigenvalue weighted by Gasteiger charge is 2.77. The summed E-state index contributed by atoms with van der Waals surface area (Å²) in [4.78, 5) is 0. The Morgan fingerprint density at radius 1 is 0.333 bits per heavy atom. The van der Waals surface area contributed by atoms with Crippen molar-refractivity contribution in [1.82, 2.24) is 0 Å².